The van der Waals surface area contributed by atoms with Crippen LogP contribution in [-0.4, -0.2) is 0 Å². The maximum atomic E-state index is 15.0. The van der Waals surface area contributed by atoms with Gasteiger partial charge in [0.15, 0.2) is 17.5 Å². The monoisotopic (exact) mass is 528 g/mol. The average Bonchev–Trinajstić information content (AvgIpc) is 2.91. The van der Waals surface area contributed by atoms with Crippen LogP contribution in [0.15, 0.2) is 91.0 Å². The van der Waals surface area contributed by atoms with Gasteiger partial charge in [0, 0.05) is 16.7 Å². The van der Waals surface area contributed by atoms with Crippen LogP contribution in [0, 0.1) is 53.7 Å². The van der Waals surface area contributed by atoms with E-state index in [4.69, 9.17) is 0 Å². The molecule has 0 spiro atoms. The molecule has 0 radical (unpaired) electrons. The summed E-state index contributed by atoms with van der Waals surface area (Å²) in [7, 11) is 0. The van der Waals surface area contributed by atoms with Crippen molar-refractivity contribution in [3.05, 3.63) is 143 Å². The Bertz CT molecular complexity index is 1730. The van der Waals surface area contributed by atoms with Crippen molar-refractivity contribution in [3.63, 3.8) is 0 Å². The molecule has 0 aliphatic heterocycles. The van der Waals surface area contributed by atoms with Crippen molar-refractivity contribution in [2.75, 3.05) is 0 Å². The third-order valence-corrected chi connectivity index (χ3v) is 6.27. The van der Waals surface area contributed by atoms with Crippen LogP contribution in [0.3, 0.4) is 0 Å². The summed E-state index contributed by atoms with van der Waals surface area (Å²) in [5.41, 5.74) is 2.59. The minimum atomic E-state index is -1.65. The highest BCUT2D eigenvalue weighted by Crippen LogP contribution is 2.31. The van der Waals surface area contributed by atoms with E-state index < -0.39 is 34.9 Å². The van der Waals surface area contributed by atoms with Crippen LogP contribution in [0.1, 0.15) is 16.7 Å². The molecule has 0 N–H and O–H groups in total. The summed E-state index contributed by atoms with van der Waals surface area (Å²) < 4.78 is 85.0. The van der Waals surface area contributed by atoms with E-state index in [1.165, 1.54) is 30.3 Å². The summed E-state index contributed by atoms with van der Waals surface area (Å²) in [6, 6.07) is 21.7. The van der Waals surface area contributed by atoms with E-state index in [9.17, 15) is 26.3 Å². The highest BCUT2D eigenvalue weighted by molar-refractivity contribution is 5.72. The molecular weight excluding hydrogens is 510 g/mol. The summed E-state index contributed by atoms with van der Waals surface area (Å²) in [4.78, 5) is 0. The van der Waals surface area contributed by atoms with E-state index in [1.807, 2.05) is 36.4 Å². The highest BCUT2D eigenvalue weighted by atomic mass is 19.2. The van der Waals surface area contributed by atoms with Crippen LogP contribution in [0.5, 0.6) is 0 Å². The molecule has 5 rings (SSSR count). The van der Waals surface area contributed by atoms with Gasteiger partial charge in [0.2, 0.25) is 0 Å². The summed E-state index contributed by atoms with van der Waals surface area (Å²) in [5.74, 6) is -1.05. The Balaban J connectivity index is 1.42. The Morgan fingerprint density at radius 2 is 1.05 bits per heavy atom. The fraction of sp³-hybridized carbons (Fsp3) is 0.0303. The van der Waals surface area contributed by atoms with Gasteiger partial charge in [0.25, 0.3) is 0 Å². The first kappa shape index (κ1) is 25.9. The van der Waals surface area contributed by atoms with Gasteiger partial charge in [-0.1, -0.05) is 60.4 Å². The SMILES string of the molecule is Cc1cc(-c2ccccc2)cc(F)c1C#Cc1ccc(-c2ccc(-c3cc(F)c(F)c(F)c3)c(F)c2)c(F)c1. The predicted octanol–water partition coefficient (Wildman–Crippen LogP) is 9.23. The Morgan fingerprint density at radius 3 is 1.69 bits per heavy atom. The highest BCUT2D eigenvalue weighted by Gasteiger charge is 2.16. The lowest BCUT2D eigenvalue weighted by atomic mass is 9.98. The van der Waals surface area contributed by atoms with Crippen molar-refractivity contribution >= 4 is 0 Å². The smallest absolute Gasteiger partial charge is 0.194 e. The largest absolute Gasteiger partial charge is 0.206 e. The van der Waals surface area contributed by atoms with Crippen molar-refractivity contribution in [1.82, 2.24) is 0 Å². The van der Waals surface area contributed by atoms with E-state index in [0.717, 1.165) is 23.3 Å². The van der Waals surface area contributed by atoms with E-state index in [0.29, 0.717) is 17.7 Å². The first-order chi connectivity index (χ1) is 18.7. The number of hydrogen-bond acceptors (Lipinski definition) is 0. The fourth-order valence-electron chi connectivity index (χ4n) is 4.29. The molecule has 0 atom stereocenters. The van der Waals surface area contributed by atoms with Crippen molar-refractivity contribution in [2.24, 2.45) is 0 Å². The zero-order valence-corrected chi connectivity index (χ0v) is 20.4. The summed E-state index contributed by atoms with van der Waals surface area (Å²) >= 11 is 0. The molecule has 192 valence electrons. The standard InChI is InChI=1S/C33H18F6/c1-19-13-23(21-5-3-2-4-6-21)16-29(35)25(19)10-7-20-8-11-26(28(34)14-20)22-9-12-27(30(36)15-22)24-17-31(37)33(39)32(38)18-24/h2-6,8-9,11-18H,1H3. The maximum Gasteiger partial charge on any atom is 0.194 e. The first-order valence-corrected chi connectivity index (χ1v) is 11.8. The molecule has 0 fully saturated rings. The van der Waals surface area contributed by atoms with Gasteiger partial charge < -0.3 is 0 Å². The molecule has 0 unspecified atom stereocenters. The van der Waals surface area contributed by atoms with Gasteiger partial charge in [0.05, 0.1) is 5.56 Å². The Morgan fingerprint density at radius 1 is 0.462 bits per heavy atom. The first-order valence-electron chi connectivity index (χ1n) is 11.8. The van der Waals surface area contributed by atoms with Crippen LogP contribution >= 0.6 is 0 Å². The molecule has 0 aliphatic rings. The molecule has 5 aromatic rings. The molecule has 0 nitrogen and oxygen atoms in total. The van der Waals surface area contributed by atoms with E-state index in [1.54, 1.807) is 6.92 Å². The number of benzene rings is 5. The lowest BCUT2D eigenvalue weighted by Crippen LogP contribution is -1.94. The molecule has 0 saturated heterocycles. The molecule has 0 aliphatic carbocycles. The molecule has 0 heterocycles. The van der Waals surface area contributed by atoms with Gasteiger partial charge in [0.1, 0.15) is 17.5 Å². The van der Waals surface area contributed by atoms with Gasteiger partial charge in [-0.15, -0.1) is 0 Å². The van der Waals surface area contributed by atoms with Crippen LogP contribution in [0.4, 0.5) is 26.3 Å². The second kappa shape index (κ2) is 10.5. The third-order valence-electron chi connectivity index (χ3n) is 6.27. The van der Waals surface area contributed by atoms with Crippen LogP contribution in [0.2, 0.25) is 0 Å². The molecule has 0 saturated carbocycles. The summed E-state index contributed by atoms with van der Waals surface area (Å²) in [6.07, 6.45) is 0. The van der Waals surface area contributed by atoms with E-state index in [2.05, 4.69) is 11.8 Å². The molecule has 39 heavy (non-hydrogen) atoms. The molecule has 6 heteroatoms. The number of halogens is 6. The lowest BCUT2D eigenvalue weighted by Gasteiger charge is -2.09. The van der Waals surface area contributed by atoms with Crippen LogP contribution in [-0.2, 0) is 0 Å². The molecule has 0 amide bonds. The summed E-state index contributed by atoms with van der Waals surface area (Å²) in [5, 5.41) is 0. The van der Waals surface area contributed by atoms with Crippen molar-refractivity contribution in [1.29, 1.82) is 0 Å². The third kappa shape index (κ3) is 5.30. The van der Waals surface area contributed by atoms with Gasteiger partial charge in [-0.05, 0) is 77.2 Å². The summed E-state index contributed by atoms with van der Waals surface area (Å²) in [6.45, 7) is 1.75. The van der Waals surface area contributed by atoms with Crippen molar-refractivity contribution < 1.29 is 26.3 Å². The van der Waals surface area contributed by atoms with Crippen LogP contribution < -0.4 is 0 Å². The van der Waals surface area contributed by atoms with Gasteiger partial charge in [-0.25, -0.2) is 26.3 Å². The topological polar surface area (TPSA) is 0 Å². The van der Waals surface area contributed by atoms with Gasteiger partial charge in [-0.3, -0.25) is 0 Å². The molecule has 0 bridgehead atoms. The number of aryl methyl sites for hydroxylation is 1. The number of rotatable bonds is 3. The van der Waals surface area contributed by atoms with E-state index >= 15 is 0 Å². The van der Waals surface area contributed by atoms with Crippen molar-refractivity contribution in [2.45, 2.75) is 6.92 Å². The van der Waals surface area contributed by atoms with E-state index in [-0.39, 0.29) is 33.4 Å². The van der Waals surface area contributed by atoms with Gasteiger partial charge >= 0.3 is 0 Å². The fourth-order valence-corrected chi connectivity index (χ4v) is 4.29. The van der Waals surface area contributed by atoms with Crippen LogP contribution in [0.25, 0.3) is 33.4 Å². The Kier molecular flexibility index (Phi) is 7.00. The Hall–Kier alpha value is -4.76. The van der Waals surface area contributed by atoms with Gasteiger partial charge in [-0.2, -0.15) is 0 Å². The minimum Gasteiger partial charge on any atom is -0.206 e. The molecule has 5 aromatic carbocycles. The second-order valence-corrected chi connectivity index (χ2v) is 8.91. The maximum absolute atomic E-state index is 15.0. The zero-order chi connectivity index (χ0) is 27.7. The lowest BCUT2D eigenvalue weighted by molar-refractivity contribution is 0.447. The van der Waals surface area contributed by atoms with Crippen molar-refractivity contribution in [3.8, 4) is 45.2 Å². The zero-order valence-electron chi connectivity index (χ0n) is 20.4. The molecular formula is C33H18F6. The Labute approximate surface area is 221 Å². The average molecular weight is 528 g/mol. The molecule has 0 aromatic heterocycles. The predicted molar refractivity (Wildman–Crippen MR) is 140 cm³/mol. The quantitative estimate of drug-likeness (QED) is 0.124. The number of hydrogen-bond donors (Lipinski definition) is 0. The second-order valence-electron chi connectivity index (χ2n) is 8.91. The minimum absolute atomic E-state index is 0.0667. The normalized spacial score (nSPS) is 10.7.